The molecule has 1 aliphatic carbocycles. The molecule has 0 aliphatic heterocycles. The molecule has 0 spiro atoms. The summed E-state index contributed by atoms with van der Waals surface area (Å²) in [5.41, 5.74) is 0.247. The van der Waals surface area contributed by atoms with E-state index in [2.05, 4.69) is 16.4 Å². The second-order valence-electron chi connectivity index (χ2n) is 6.35. The summed E-state index contributed by atoms with van der Waals surface area (Å²) in [5, 5.41) is 14.1. The van der Waals surface area contributed by atoms with Crippen LogP contribution >= 0.6 is 11.8 Å². The maximum Gasteiger partial charge on any atom is 0.234 e. The Balaban J connectivity index is 1.67. The van der Waals surface area contributed by atoms with Crippen molar-refractivity contribution in [3.05, 3.63) is 36.4 Å². The number of rotatable bonds is 4. The van der Waals surface area contributed by atoms with E-state index in [-0.39, 0.29) is 11.2 Å². The number of nitrogens with zero attached hydrogens (tertiary/aromatic N) is 2. The number of nitrogens with one attached hydrogen (secondary N) is 1. The van der Waals surface area contributed by atoms with Crippen LogP contribution in [0.2, 0.25) is 0 Å². The highest BCUT2D eigenvalue weighted by Crippen LogP contribution is 2.29. The Morgan fingerprint density at radius 3 is 2.75 bits per heavy atom. The van der Waals surface area contributed by atoms with Crippen LogP contribution in [0.4, 0.5) is 0 Å². The fraction of sp³-hybridized carbons (Fsp3) is 0.421. The number of nitriles is 1. The number of pyridine rings is 1. The van der Waals surface area contributed by atoms with E-state index < -0.39 is 5.54 Å². The molecule has 1 unspecified atom stereocenters. The number of para-hydroxylation sites is 1. The van der Waals surface area contributed by atoms with Crippen LogP contribution < -0.4 is 5.32 Å². The fourth-order valence-electron chi connectivity index (χ4n) is 3.11. The molecule has 1 aromatic heterocycles. The number of carbonyl (C=O) groups is 1. The summed E-state index contributed by atoms with van der Waals surface area (Å²) in [4.78, 5) is 17.1. The van der Waals surface area contributed by atoms with Gasteiger partial charge in [0.05, 0.1) is 21.9 Å². The predicted octanol–water partition coefficient (Wildman–Crippen LogP) is 4.06. The van der Waals surface area contributed by atoms with E-state index in [1.54, 1.807) is 0 Å². The third-order valence-electron chi connectivity index (χ3n) is 4.52. The lowest BCUT2D eigenvalue weighted by atomic mass is 9.83. The van der Waals surface area contributed by atoms with E-state index in [4.69, 9.17) is 0 Å². The molecule has 1 heterocycles. The first-order valence-electron chi connectivity index (χ1n) is 8.38. The molecular weight excluding hydrogens is 318 g/mol. The zero-order valence-corrected chi connectivity index (χ0v) is 14.6. The highest BCUT2D eigenvalue weighted by atomic mass is 32.2. The van der Waals surface area contributed by atoms with E-state index >= 15 is 0 Å². The van der Waals surface area contributed by atoms with Crippen LogP contribution in [0.15, 0.2) is 41.4 Å². The van der Waals surface area contributed by atoms with E-state index in [0.717, 1.165) is 48.0 Å². The van der Waals surface area contributed by atoms with Crippen LogP contribution in [0.3, 0.4) is 0 Å². The summed E-state index contributed by atoms with van der Waals surface area (Å²) in [5.74, 6) is -0.0848. The lowest BCUT2D eigenvalue weighted by Gasteiger charge is -2.32. The zero-order valence-electron chi connectivity index (χ0n) is 13.8. The first-order valence-corrected chi connectivity index (χ1v) is 9.26. The quantitative estimate of drug-likeness (QED) is 0.853. The van der Waals surface area contributed by atoms with E-state index in [1.807, 2.05) is 43.3 Å². The van der Waals surface area contributed by atoms with Crippen molar-refractivity contribution in [2.24, 2.45) is 0 Å². The van der Waals surface area contributed by atoms with Gasteiger partial charge in [0, 0.05) is 5.39 Å². The number of hydrogen-bond acceptors (Lipinski definition) is 4. The molecule has 124 valence electrons. The number of hydrogen-bond donors (Lipinski definition) is 1. The predicted molar refractivity (Wildman–Crippen MR) is 96.6 cm³/mol. The summed E-state index contributed by atoms with van der Waals surface area (Å²) >= 11 is 1.43. The Hall–Kier alpha value is -2.06. The molecule has 0 radical (unpaired) electrons. The van der Waals surface area contributed by atoms with Crippen LogP contribution in [0, 0.1) is 11.3 Å². The first kappa shape index (κ1) is 16.8. The normalized spacial score (nSPS) is 17.8. The van der Waals surface area contributed by atoms with Gasteiger partial charge in [0.25, 0.3) is 0 Å². The molecule has 1 atom stereocenters. The number of benzene rings is 1. The van der Waals surface area contributed by atoms with Crippen LogP contribution in [-0.2, 0) is 4.79 Å². The second kappa shape index (κ2) is 7.23. The molecule has 1 saturated carbocycles. The topological polar surface area (TPSA) is 65.8 Å². The van der Waals surface area contributed by atoms with Gasteiger partial charge in [-0.1, -0.05) is 55.3 Å². The minimum Gasteiger partial charge on any atom is -0.337 e. The van der Waals surface area contributed by atoms with E-state index in [1.165, 1.54) is 11.8 Å². The van der Waals surface area contributed by atoms with Gasteiger partial charge in [0.1, 0.15) is 5.54 Å². The maximum absolute atomic E-state index is 12.5. The van der Waals surface area contributed by atoms with Crippen molar-refractivity contribution in [1.29, 1.82) is 5.26 Å². The number of fused-ring (bicyclic) bond motifs is 1. The van der Waals surface area contributed by atoms with Crippen LogP contribution in [0.25, 0.3) is 10.9 Å². The SMILES string of the molecule is CC(Sc1ccc2ccccc2n1)C(=O)NC1(C#N)CCCCC1. The minimum absolute atomic E-state index is 0.0848. The summed E-state index contributed by atoms with van der Waals surface area (Å²) in [6.07, 6.45) is 4.65. The van der Waals surface area contributed by atoms with Crippen molar-refractivity contribution in [3.63, 3.8) is 0 Å². The lowest BCUT2D eigenvalue weighted by Crippen LogP contribution is -2.50. The van der Waals surface area contributed by atoms with Crippen molar-refractivity contribution in [1.82, 2.24) is 10.3 Å². The Labute approximate surface area is 146 Å². The van der Waals surface area contributed by atoms with Gasteiger partial charge in [0.15, 0.2) is 0 Å². The molecule has 0 saturated heterocycles. The third kappa shape index (κ3) is 3.70. The molecule has 2 aromatic rings. The lowest BCUT2D eigenvalue weighted by molar-refractivity contribution is -0.121. The third-order valence-corrected chi connectivity index (χ3v) is 5.56. The molecule has 1 aliphatic rings. The van der Waals surface area contributed by atoms with Crippen LogP contribution in [0.5, 0.6) is 0 Å². The Bertz CT molecular complexity index is 778. The van der Waals surface area contributed by atoms with Crippen molar-refractivity contribution in [2.75, 3.05) is 0 Å². The van der Waals surface area contributed by atoms with Crippen LogP contribution in [0.1, 0.15) is 39.0 Å². The first-order chi connectivity index (χ1) is 11.6. The van der Waals surface area contributed by atoms with Gasteiger partial charge < -0.3 is 5.32 Å². The minimum atomic E-state index is -0.680. The zero-order chi connectivity index (χ0) is 17.0. The van der Waals surface area contributed by atoms with E-state index in [0.29, 0.717) is 0 Å². The van der Waals surface area contributed by atoms with Crippen molar-refractivity contribution in [3.8, 4) is 6.07 Å². The standard InChI is InChI=1S/C19H21N3OS/c1-14(18(23)22-19(13-20)11-5-2-6-12-19)24-17-10-9-15-7-3-4-8-16(15)21-17/h3-4,7-10,14H,2,5-6,11-12H2,1H3,(H,22,23). The largest absolute Gasteiger partial charge is 0.337 e. The fourth-order valence-corrected chi connectivity index (χ4v) is 3.93. The molecule has 0 bridgehead atoms. The van der Waals surface area contributed by atoms with E-state index in [9.17, 15) is 10.1 Å². The highest BCUT2D eigenvalue weighted by molar-refractivity contribution is 8.00. The molecule has 1 aromatic carbocycles. The van der Waals surface area contributed by atoms with Gasteiger partial charge in [-0.15, -0.1) is 0 Å². The monoisotopic (exact) mass is 339 g/mol. The highest BCUT2D eigenvalue weighted by Gasteiger charge is 2.34. The smallest absolute Gasteiger partial charge is 0.234 e. The summed E-state index contributed by atoms with van der Waals surface area (Å²) in [6.45, 7) is 1.87. The van der Waals surface area contributed by atoms with Crippen LogP contribution in [-0.4, -0.2) is 21.7 Å². The molecule has 3 rings (SSSR count). The van der Waals surface area contributed by atoms with Crippen molar-refractivity contribution < 1.29 is 4.79 Å². The maximum atomic E-state index is 12.5. The Morgan fingerprint density at radius 2 is 2.00 bits per heavy atom. The van der Waals surface area contributed by atoms with Crippen molar-refractivity contribution >= 4 is 28.6 Å². The number of amides is 1. The number of thioether (sulfide) groups is 1. The molecule has 1 fully saturated rings. The van der Waals surface area contributed by atoms with Gasteiger partial charge in [-0.3, -0.25) is 4.79 Å². The number of aromatic nitrogens is 1. The van der Waals surface area contributed by atoms with Gasteiger partial charge >= 0.3 is 0 Å². The second-order valence-corrected chi connectivity index (χ2v) is 7.71. The van der Waals surface area contributed by atoms with Crippen molar-refractivity contribution in [2.45, 2.75) is 54.8 Å². The van der Waals surface area contributed by atoms with Gasteiger partial charge in [-0.2, -0.15) is 5.26 Å². The Morgan fingerprint density at radius 1 is 1.25 bits per heavy atom. The average molecular weight is 339 g/mol. The molecule has 24 heavy (non-hydrogen) atoms. The molecular formula is C19H21N3OS. The average Bonchev–Trinajstić information content (AvgIpc) is 2.62. The molecule has 5 heteroatoms. The van der Waals surface area contributed by atoms with Gasteiger partial charge in [-0.25, -0.2) is 4.98 Å². The Kier molecular flexibility index (Phi) is 5.06. The molecule has 1 N–H and O–H groups in total. The summed E-state index contributed by atoms with van der Waals surface area (Å²) in [6, 6.07) is 14.2. The summed E-state index contributed by atoms with van der Waals surface area (Å²) < 4.78 is 0. The molecule has 4 nitrogen and oxygen atoms in total. The number of carbonyl (C=O) groups excluding carboxylic acids is 1. The van der Waals surface area contributed by atoms with Gasteiger partial charge in [-0.05, 0) is 31.9 Å². The van der Waals surface area contributed by atoms with Gasteiger partial charge in [0.2, 0.25) is 5.91 Å². The summed E-state index contributed by atoms with van der Waals surface area (Å²) in [7, 11) is 0. The molecule has 1 amide bonds.